The predicted molar refractivity (Wildman–Crippen MR) is 123 cm³/mol. The number of hydrogen-bond acceptors (Lipinski definition) is 7. The Morgan fingerprint density at radius 3 is 2.58 bits per heavy atom. The lowest BCUT2D eigenvalue weighted by Crippen LogP contribution is -2.32. The molecule has 1 aromatic carbocycles. The van der Waals surface area contributed by atoms with Crippen LogP contribution in [0.2, 0.25) is 0 Å². The summed E-state index contributed by atoms with van der Waals surface area (Å²) in [7, 11) is -2.07. The highest BCUT2D eigenvalue weighted by molar-refractivity contribution is 7.91. The molecular formula is C24H28N4O4S. The number of hydrogen-bond donors (Lipinski definition) is 1. The van der Waals surface area contributed by atoms with Gasteiger partial charge in [0.15, 0.2) is 0 Å². The van der Waals surface area contributed by atoms with Crippen molar-refractivity contribution in [3.63, 3.8) is 0 Å². The van der Waals surface area contributed by atoms with E-state index in [1.165, 1.54) is 18.7 Å². The molecule has 4 heterocycles. The van der Waals surface area contributed by atoms with Gasteiger partial charge in [0.25, 0.3) is 0 Å². The highest BCUT2D eigenvalue weighted by atomic mass is 32.2. The molecule has 0 aliphatic carbocycles. The molecular weight excluding hydrogens is 440 g/mol. The van der Waals surface area contributed by atoms with E-state index >= 15 is 0 Å². The molecule has 0 amide bonds. The van der Waals surface area contributed by atoms with Crippen LogP contribution in [-0.2, 0) is 28.0 Å². The number of benzene rings is 1. The largest absolute Gasteiger partial charge is 0.456 e. The van der Waals surface area contributed by atoms with Gasteiger partial charge in [-0.2, -0.15) is 0 Å². The lowest BCUT2D eigenvalue weighted by Gasteiger charge is -2.24. The average Bonchev–Trinajstić information content (AvgIpc) is 3.26. The second-order valence-electron chi connectivity index (χ2n) is 9.99. The molecule has 0 saturated carbocycles. The van der Waals surface area contributed by atoms with Gasteiger partial charge in [-0.05, 0) is 57.7 Å². The fourth-order valence-corrected chi connectivity index (χ4v) is 6.73. The van der Waals surface area contributed by atoms with E-state index in [9.17, 15) is 13.2 Å². The van der Waals surface area contributed by atoms with Crippen molar-refractivity contribution in [1.82, 2.24) is 19.9 Å². The van der Waals surface area contributed by atoms with Crippen molar-refractivity contribution in [1.29, 1.82) is 0 Å². The number of ether oxygens (including phenoxy) is 1. The zero-order chi connectivity index (χ0) is 23.7. The Kier molecular flexibility index (Phi) is 4.92. The lowest BCUT2D eigenvalue weighted by atomic mass is 9.95. The van der Waals surface area contributed by atoms with Gasteiger partial charge in [-0.3, -0.25) is 0 Å². The topological polar surface area (TPSA) is 103 Å². The van der Waals surface area contributed by atoms with E-state index in [1.807, 2.05) is 14.0 Å². The van der Waals surface area contributed by atoms with E-state index in [0.717, 1.165) is 41.6 Å². The number of nitrogens with zero attached hydrogens (tertiary/aromatic N) is 3. The van der Waals surface area contributed by atoms with Crippen molar-refractivity contribution in [2.45, 2.75) is 74.4 Å². The van der Waals surface area contributed by atoms with E-state index < -0.39 is 21.4 Å². The SMILES string of the molecule is Cc1cc(S(=O)(=O)c2cncnc2)c(C(=O)OC(C)(C)C)c2c3c(n(C)c12)CC1CCC3N1. The first-order valence-electron chi connectivity index (χ1n) is 11.1. The Hall–Kier alpha value is -2.78. The van der Waals surface area contributed by atoms with Crippen molar-refractivity contribution in [2.24, 2.45) is 7.05 Å². The summed E-state index contributed by atoms with van der Waals surface area (Å²) in [5, 5.41) is 4.32. The van der Waals surface area contributed by atoms with Crippen molar-refractivity contribution >= 4 is 26.7 Å². The molecule has 8 nitrogen and oxygen atoms in total. The van der Waals surface area contributed by atoms with Crippen molar-refractivity contribution in [2.75, 3.05) is 0 Å². The highest BCUT2D eigenvalue weighted by Gasteiger charge is 2.40. The van der Waals surface area contributed by atoms with Gasteiger partial charge in [-0.25, -0.2) is 23.2 Å². The van der Waals surface area contributed by atoms with Gasteiger partial charge in [0.1, 0.15) is 16.8 Å². The number of esters is 1. The molecule has 0 spiro atoms. The Balaban J connectivity index is 1.89. The summed E-state index contributed by atoms with van der Waals surface area (Å²) in [5.41, 5.74) is 3.15. The Bertz CT molecular complexity index is 1390. The average molecular weight is 469 g/mol. The first-order valence-corrected chi connectivity index (χ1v) is 12.6. The summed E-state index contributed by atoms with van der Waals surface area (Å²) in [6.45, 7) is 7.22. The lowest BCUT2D eigenvalue weighted by molar-refractivity contribution is 0.00675. The van der Waals surface area contributed by atoms with Gasteiger partial charge in [-0.1, -0.05) is 0 Å². The predicted octanol–water partition coefficient (Wildman–Crippen LogP) is 3.41. The summed E-state index contributed by atoms with van der Waals surface area (Å²) in [6, 6.07) is 2.07. The van der Waals surface area contributed by atoms with Crippen molar-refractivity contribution in [3.8, 4) is 0 Å². The molecule has 2 aromatic heterocycles. The van der Waals surface area contributed by atoms with Gasteiger partial charge >= 0.3 is 5.97 Å². The van der Waals surface area contributed by atoms with E-state index in [1.54, 1.807) is 26.8 Å². The van der Waals surface area contributed by atoms with Crippen molar-refractivity contribution < 1.29 is 17.9 Å². The first kappa shape index (κ1) is 22.0. The molecule has 1 fully saturated rings. The molecule has 5 rings (SSSR count). The normalized spacial score (nSPS) is 20.2. The smallest absolute Gasteiger partial charge is 0.340 e. The Labute approximate surface area is 193 Å². The van der Waals surface area contributed by atoms with E-state index in [4.69, 9.17) is 4.74 Å². The van der Waals surface area contributed by atoms with Gasteiger partial charge in [-0.15, -0.1) is 0 Å². The molecule has 2 aliphatic heterocycles. The standard InChI is InChI=1S/C24H28N4O4S/c1-13-8-18(33(30,31)15-10-25-12-26-11-15)20(23(29)32-24(2,3)4)21-19-16-7-6-14(27-16)9-17(19)28(5)22(13)21/h8,10-12,14,16,27H,6-7,9H2,1-5H3. The summed E-state index contributed by atoms with van der Waals surface area (Å²) < 4.78 is 35.4. The number of carbonyl (C=O) groups excluding carboxylic acids is 1. The highest BCUT2D eigenvalue weighted by Crippen LogP contribution is 2.45. The molecule has 2 atom stereocenters. The van der Waals surface area contributed by atoms with Crippen LogP contribution in [0.3, 0.4) is 0 Å². The Morgan fingerprint density at radius 2 is 1.91 bits per heavy atom. The van der Waals surface area contributed by atoms with Crippen LogP contribution in [0.4, 0.5) is 0 Å². The van der Waals surface area contributed by atoms with Crippen LogP contribution in [0.15, 0.2) is 34.6 Å². The number of carbonyl (C=O) groups is 1. The monoisotopic (exact) mass is 468 g/mol. The van der Waals surface area contributed by atoms with E-state index in [0.29, 0.717) is 11.4 Å². The van der Waals surface area contributed by atoms with Gasteiger partial charge in [0.2, 0.25) is 9.84 Å². The van der Waals surface area contributed by atoms with Gasteiger partial charge in [0.05, 0.1) is 16.0 Å². The van der Waals surface area contributed by atoms with Crippen LogP contribution in [0.5, 0.6) is 0 Å². The summed E-state index contributed by atoms with van der Waals surface area (Å²) >= 11 is 0. The number of fused-ring (bicyclic) bond motifs is 6. The fraction of sp³-hybridized carbons (Fsp3) is 0.458. The zero-order valence-electron chi connectivity index (χ0n) is 19.5. The van der Waals surface area contributed by atoms with Crippen LogP contribution in [0, 0.1) is 6.92 Å². The summed E-state index contributed by atoms with van der Waals surface area (Å²) in [4.78, 5) is 21.3. The summed E-state index contributed by atoms with van der Waals surface area (Å²) in [5.74, 6) is -0.642. The third-order valence-corrected chi connectivity index (χ3v) is 8.28. The zero-order valence-corrected chi connectivity index (χ0v) is 20.3. The Morgan fingerprint density at radius 1 is 1.21 bits per heavy atom. The quantitative estimate of drug-likeness (QED) is 0.588. The van der Waals surface area contributed by atoms with Crippen LogP contribution < -0.4 is 5.32 Å². The minimum Gasteiger partial charge on any atom is -0.456 e. The van der Waals surface area contributed by atoms with E-state index in [-0.39, 0.29) is 21.4 Å². The molecule has 3 aromatic rings. The molecule has 174 valence electrons. The van der Waals surface area contributed by atoms with Crippen LogP contribution in [0.1, 0.15) is 66.8 Å². The number of sulfone groups is 1. The number of nitrogens with one attached hydrogen (secondary N) is 1. The minimum atomic E-state index is -4.07. The molecule has 9 heteroatoms. The van der Waals surface area contributed by atoms with Gasteiger partial charge < -0.3 is 14.6 Å². The summed E-state index contributed by atoms with van der Waals surface area (Å²) in [6.07, 6.45) is 6.64. The van der Waals surface area contributed by atoms with Crippen molar-refractivity contribution in [3.05, 3.63) is 47.2 Å². The number of rotatable bonds is 3. The first-order chi connectivity index (χ1) is 15.5. The molecule has 1 N–H and O–H groups in total. The number of aryl methyl sites for hydroxylation is 2. The second kappa shape index (κ2) is 7.36. The maximum Gasteiger partial charge on any atom is 0.340 e. The number of aromatic nitrogens is 3. The molecule has 33 heavy (non-hydrogen) atoms. The second-order valence-corrected chi connectivity index (χ2v) is 11.9. The molecule has 2 unspecified atom stereocenters. The molecule has 2 aliphatic rings. The third kappa shape index (κ3) is 3.45. The minimum absolute atomic E-state index is 0.0580. The van der Waals surface area contributed by atoms with Crippen LogP contribution in [0.25, 0.3) is 10.9 Å². The molecule has 1 saturated heterocycles. The van der Waals surface area contributed by atoms with Gasteiger partial charge in [0, 0.05) is 49.0 Å². The molecule has 2 bridgehead atoms. The molecule has 0 radical (unpaired) electrons. The third-order valence-electron chi connectivity index (χ3n) is 6.54. The van der Waals surface area contributed by atoms with Crippen LogP contribution in [-0.4, -0.2) is 40.6 Å². The van der Waals surface area contributed by atoms with E-state index in [2.05, 4.69) is 19.9 Å². The maximum absolute atomic E-state index is 13.7. The fourth-order valence-electron chi connectivity index (χ4n) is 5.29. The maximum atomic E-state index is 13.7. The van der Waals surface area contributed by atoms with Crippen LogP contribution >= 0.6 is 0 Å².